The Morgan fingerprint density at radius 1 is 1.12 bits per heavy atom. The molecule has 7 nitrogen and oxygen atoms in total. The van der Waals surface area contributed by atoms with Gasteiger partial charge in [-0.05, 0) is 18.2 Å². The highest BCUT2D eigenvalue weighted by Gasteiger charge is 2.18. The van der Waals surface area contributed by atoms with Gasteiger partial charge in [-0.15, -0.1) is 10.2 Å². The first kappa shape index (κ1) is 14.4. The fraction of sp³-hybridized carbons (Fsp3) is 0. The molecule has 0 aliphatic heterocycles. The molecule has 118 valence electrons. The molecular formula is C16H11ClN6O. The SMILES string of the molecule is N/N=C(/c1nnc2c(n1)[nH]c1ccccc12)c1cccc(Cl)c1O. The van der Waals surface area contributed by atoms with E-state index in [0.29, 0.717) is 16.7 Å². The molecule has 0 spiro atoms. The van der Waals surface area contributed by atoms with Gasteiger partial charge in [-0.3, -0.25) is 0 Å². The molecule has 0 saturated carbocycles. The fourth-order valence-corrected chi connectivity index (χ4v) is 2.75. The molecule has 4 aromatic rings. The van der Waals surface area contributed by atoms with E-state index in [-0.39, 0.29) is 22.3 Å². The number of hydrogen-bond donors (Lipinski definition) is 3. The molecule has 8 heteroatoms. The fourth-order valence-electron chi connectivity index (χ4n) is 2.58. The van der Waals surface area contributed by atoms with E-state index in [2.05, 4.69) is 25.3 Å². The number of nitrogens with two attached hydrogens (primary N) is 1. The number of para-hydroxylation sites is 2. The summed E-state index contributed by atoms with van der Waals surface area (Å²) in [6.45, 7) is 0. The van der Waals surface area contributed by atoms with Crippen LogP contribution in [0.4, 0.5) is 0 Å². The number of phenols is 1. The van der Waals surface area contributed by atoms with Gasteiger partial charge in [0.2, 0.25) is 5.82 Å². The van der Waals surface area contributed by atoms with E-state index >= 15 is 0 Å². The average Bonchev–Trinajstić information content (AvgIpc) is 2.97. The second-order valence-corrected chi connectivity index (χ2v) is 5.52. The lowest BCUT2D eigenvalue weighted by atomic mass is 10.1. The summed E-state index contributed by atoms with van der Waals surface area (Å²) in [6, 6.07) is 12.6. The zero-order chi connectivity index (χ0) is 16.7. The lowest BCUT2D eigenvalue weighted by molar-refractivity contribution is 0.474. The highest BCUT2D eigenvalue weighted by Crippen LogP contribution is 2.29. The number of hydrogen-bond acceptors (Lipinski definition) is 6. The molecule has 2 aromatic heterocycles. The topological polar surface area (TPSA) is 113 Å². The minimum absolute atomic E-state index is 0.135. The Kier molecular flexibility index (Phi) is 3.28. The molecule has 0 saturated heterocycles. The van der Waals surface area contributed by atoms with Gasteiger partial charge in [-0.2, -0.15) is 5.10 Å². The predicted octanol–water partition coefficient (Wildman–Crippen LogP) is 2.58. The lowest BCUT2D eigenvalue weighted by Crippen LogP contribution is -2.12. The number of nitrogens with one attached hydrogen (secondary N) is 1. The molecule has 0 atom stereocenters. The van der Waals surface area contributed by atoms with Crippen LogP contribution in [0.2, 0.25) is 5.02 Å². The first-order chi connectivity index (χ1) is 11.7. The molecule has 2 heterocycles. The van der Waals surface area contributed by atoms with E-state index < -0.39 is 0 Å². The molecular weight excluding hydrogens is 328 g/mol. The van der Waals surface area contributed by atoms with Gasteiger partial charge in [0.15, 0.2) is 5.65 Å². The number of rotatable bonds is 2. The van der Waals surface area contributed by atoms with E-state index in [1.165, 1.54) is 0 Å². The number of phenolic OH excluding ortho intramolecular Hbond substituents is 1. The second-order valence-electron chi connectivity index (χ2n) is 5.12. The van der Waals surface area contributed by atoms with Gasteiger partial charge in [0, 0.05) is 16.5 Å². The monoisotopic (exact) mass is 338 g/mol. The minimum atomic E-state index is -0.135. The molecule has 0 aliphatic rings. The third-order valence-corrected chi connectivity index (χ3v) is 4.01. The van der Waals surface area contributed by atoms with Crippen molar-refractivity contribution >= 4 is 39.4 Å². The Bertz CT molecular complexity index is 1100. The smallest absolute Gasteiger partial charge is 0.204 e. The van der Waals surface area contributed by atoms with Crippen LogP contribution in [0.25, 0.3) is 22.1 Å². The third kappa shape index (κ3) is 2.14. The van der Waals surface area contributed by atoms with E-state index in [9.17, 15) is 5.11 Å². The highest BCUT2D eigenvalue weighted by atomic mass is 35.5. The molecule has 0 radical (unpaired) electrons. The van der Waals surface area contributed by atoms with Gasteiger partial charge >= 0.3 is 0 Å². The van der Waals surface area contributed by atoms with E-state index in [1.54, 1.807) is 18.2 Å². The number of aromatic nitrogens is 4. The number of H-pyrrole nitrogens is 1. The number of aromatic hydroxyl groups is 1. The van der Waals surface area contributed by atoms with Crippen LogP contribution < -0.4 is 5.84 Å². The first-order valence-electron chi connectivity index (χ1n) is 7.06. The van der Waals surface area contributed by atoms with Crippen LogP contribution in [0.3, 0.4) is 0 Å². The summed E-state index contributed by atoms with van der Waals surface area (Å²) in [7, 11) is 0. The zero-order valence-electron chi connectivity index (χ0n) is 12.2. The van der Waals surface area contributed by atoms with Crippen molar-refractivity contribution in [2.75, 3.05) is 0 Å². The van der Waals surface area contributed by atoms with Crippen LogP contribution in [-0.2, 0) is 0 Å². The van der Waals surface area contributed by atoms with Gasteiger partial charge in [-0.25, -0.2) is 4.98 Å². The van der Waals surface area contributed by atoms with Gasteiger partial charge < -0.3 is 15.9 Å². The van der Waals surface area contributed by atoms with Crippen molar-refractivity contribution in [3.8, 4) is 5.75 Å². The van der Waals surface area contributed by atoms with E-state index in [1.807, 2.05) is 24.3 Å². The van der Waals surface area contributed by atoms with Crippen molar-refractivity contribution in [2.24, 2.45) is 10.9 Å². The van der Waals surface area contributed by atoms with Crippen molar-refractivity contribution in [2.45, 2.75) is 0 Å². The van der Waals surface area contributed by atoms with Gasteiger partial charge in [0.1, 0.15) is 17.0 Å². The maximum atomic E-state index is 10.1. The molecule has 0 aliphatic carbocycles. The minimum Gasteiger partial charge on any atom is -0.506 e. The van der Waals surface area contributed by atoms with Crippen LogP contribution >= 0.6 is 11.6 Å². The lowest BCUT2D eigenvalue weighted by Gasteiger charge is -2.07. The van der Waals surface area contributed by atoms with Crippen LogP contribution in [0, 0.1) is 0 Å². The van der Waals surface area contributed by atoms with Crippen molar-refractivity contribution in [1.29, 1.82) is 0 Å². The largest absolute Gasteiger partial charge is 0.506 e. The van der Waals surface area contributed by atoms with E-state index in [0.717, 1.165) is 10.9 Å². The maximum Gasteiger partial charge on any atom is 0.204 e. The Hall–Kier alpha value is -3.19. The Labute approximate surface area is 140 Å². The van der Waals surface area contributed by atoms with Gasteiger partial charge in [0.05, 0.1) is 5.02 Å². The summed E-state index contributed by atoms with van der Waals surface area (Å²) in [5, 5.41) is 23.3. The number of aromatic amines is 1. The van der Waals surface area contributed by atoms with Crippen LogP contribution in [0.15, 0.2) is 47.6 Å². The number of hydrazone groups is 1. The summed E-state index contributed by atoms with van der Waals surface area (Å²) in [6.07, 6.45) is 0. The van der Waals surface area contributed by atoms with Crippen molar-refractivity contribution in [1.82, 2.24) is 20.2 Å². The molecule has 0 bridgehead atoms. The number of fused-ring (bicyclic) bond motifs is 3. The number of nitrogens with zero attached hydrogens (tertiary/aromatic N) is 4. The second kappa shape index (κ2) is 5.47. The summed E-state index contributed by atoms with van der Waals surface area (Å²) in [5.74, 6) is 5.54. The van der Waals surface area contributed by atoms with Crippen molar-refractivity contribution in [3.05, 3.63) is 58.9 Å². The zero-order valence-corrected chi connectivity index (χ0v) is 13.0. The van der Waals surface area contributed by atoms with Gasteiger partial charge in [-0.1, -0.05) is 35.9 Å². The summed E-state index contributed by atoms with van der Waals surface area (Å²) in [4.78, 5) is 7.61. The predicted molar refractivity (Wildman–Crippen MR) is 92.1 cm³/mol. The van der Waals surface area contributed by atoms with Crippen LogP contribution in [0.1, 0.15) is 11.4 Å². The van der Waals surface area contributed by atoms with Crippen molar-refractivity contribution < 1.29 is 5.11 Å². The highest BCUT2D eigenvalue weighted by molar-refractivity contribution is 6.33. The quantitative estimate of drug-likeness (QED) is 0.295. The molecule has 2 aromatic carbocycles. The summed E-state index contributed by atoms with van der Waals surface area (Å²) < 4.78 is 0. The Morgan fingerprint density at radius 2 is 1.96 bits per heavy atom. The average molecular weight is 339 g/mol. The molecule has 0 fully saturated rings. The molecule has 4 N–H and O–H groups in total. The normalized spacial score (nSPS) is 12.1. The van der Waals surface area contributed by atoms with Crippen LogP contribution in [0.5, 0.6) is 5.75 Å². The molecule has 0 unspecified atom stereocenters. The standard InChI is InChI=1S/C16H11ClN6O/c17-10-6-3-5-9(14(10)24)12(21-18)16-20-15-13(22-23-16)8-4-1-2-7-11(8)19-15/h1-7,24H,18H2,(H,19,20,23)/b21-12+. The summed E-state index contributed by atoms with van der Waals surface area (Å²) >= 11 is 5.94. The molecule has 24 heavy (non-hydrogen) atoms. The van der Waals surface area contributed by atoms with E-state index in [4.69, 9.17) is 17.4 Å². The third-order valence-electron chi connectivity index (χ3n) is 3.70. The number of benzene rings is 2. The molecule has 4 rings (SSSR count). The Morgan fingerprint density at radius 3 is 2.79 bits per heavy atom. The first-order valence-corrected chi connectivity index (χ1v) is 7.44. The van der Waals surface area contributed by atoms with Gasteiger partial charge in [0.25, 0.3) is 0 Å². The van der Waals surface area contributed by atoms with Crippen molar-refractivity contribution in [3.63, 3.8) is 0 Å². The Balaban J connectivity index is 1.91. The summed E-state index contributed by atoms with van der Waals surface area (Å²) in [5.41, 5.74) is 2.65. The maximum absolute atomic E-state index is 10.1. The molecule has 0 amide bonds. The number of halogens is 1. The van der Waals surface area contributed by atoms with Crippen LogP contribution in [-0.4, -0.2) is 31.0 Å².